The number of hydrogen-bond acceptors (Lipinski definition) is 3. The van der Waals surface area contributed by atoms with Crippen molar-refractivity contribution < 1.29 is 9.18 Å². The molecule has 11 heavy (non-hydrogen) atoms. The van der Waals surface area contributed by atoms with Crippen LogP contribution in [0.4, 0.5) is 10.2 Å². The van der Waals surface area contributed by atoms with E-state index < -0.39 is 11.1 Å². The molecule has 0 aromatic carbocycles. The van der Waals surface area contributed by atoms with Gasteiger partial charge in [-0.15, -0.1) is 0 Å². The van der Waals surface area contributed by atoms with E-state index in [1.165, 1.54) is 0 Å². The number of carbonyl (C=O) groups is 1. The van der Waals surface area contributed by atoms with Crippen LogP contribution in [0, 0.1) is 5.82 Å². The molecule has 0 bridgehead atoms. The summed E-state index contributed by atoms with van der Waals surface area (Å²) in [6, 6.07) is 0.942. The molecule has 0 unspecified atom stereocenters. The van der Waals surface area contributed by atoms with E-state index in [1.807, 2.05) is 0 Å². The number of aromatic nitrogens is 1. The summed E-state index contributed by atoms with van der Waals surface area (Å²) in [7, 11) is 0. The molecule has 0 aliphatic carbocycles. The second-order valence-corrected chi connectivity index (χ2v) is 2.20. The van der Waals surface area contributed by atoms with Crippen LogP contribution in [0.1, 0.15) is 10.4 Å². The lowest BCUT2D eigenvalue weighted by Gasteiger charge is -1.97. The quantitative estimate of drug-likeness (QED) is 0.651. The SMILES string of the molecule is Nc1ncc(F)cc1C(=O)Cl. The highest BCUT2D eigenvalue weighted by molar-refractivity contribution is 6.68. The molecular weight excluding hydrogens is 171 g/mol. The van der Waals surface area contributed by atoms with E-state index in [0.29, 0.717) is 0 Å². The molecule has 2 N–H and O–H groups in total. The van der Waals surface area contributed by atoms with Crippen molar-refractivity contribution in [2.45, 2.75) is 0 Å². The normalized spacial score (nSPS) is 9.64. The van der Waals surface area contributed by atoms with Gasteiger partial charge in [0.2, 0.25) is 0 Å². The summed E-state index contributed by atoms with van der Waals surface area (Å²) in [5.74, 6) is -0.699. The number of nitrogens with two attached hydrogens (primary N) is 1. The molecular formula is C6H4ClFN2O. The number of carbonyl (C=O) groups excluding carboxylic acids is 1. The molecule has 0 aliphatic heterocycles. The highest BCUT2D eigenvalue weighted by Crippen LogP contribution is 2.11. The monoisotopic (exact) mass is 174 g/mol. The lowest BCUT2D eigenvalue weighted by Crippen LogP contribution is -2.00. The van der Waals surface area contributed by atoms with Crippen LogP contribution in [0.3, 0.4) is 0 Å². The Hall–Kier alpha value is -1.16. The Morgan fingerprint density at radius 2 is 2.36 bits per heavy atom. The van der Waals surface area contributed by atoms with Crippen molar-refractivity contribution in [1.29, 1.82) is 0 Å². The van der Waals surface area contributed by atoms with Gasteiger partial charge in [-0.25, -0.2) is 9.37 Å². The van der Waals surface area contributed by atoms with E-state index in [9.17, 15) is 9.18 Å². The highest BCUT2D eigenvalue weighted by Gasteiger charge is 2.08. The Morgan fingerprint density at radius 1 is 1.73 bits per heavy atom. The van der Waals surface area contributed by atoms with Gasteiger partial charge in [0.1, 0.15) is 11.6 Å². The predicted molar refractivity (Wildman–Crippen MR) is 38.8 cm³/mol. The molecule has 1 rings (SSSR count). The lowest BCUT2D eigenvalue weighted by atomic mass is 10.3. The fraction of sp³-hybridized carbons (Fsp3) is 0. The van der Waals surface area contributed by atoms with Gasteiger partial charge in [0.05, 0.1) is 11.8 Å². The van der Waals surface area contributed by atoms with Crippen LogP contribution in [0.2, 0.25) is 0 Å². The summed E-state index contributed by atoms with van der Waals surface area (Å²) in [5, 5.41) is -0.811. The molecule has 3 nitrogen and oxygen atoms in total. The number of rotatable bonds is 1. The Balaban J connectivity index is 3.23. The van der Waals surface area contributed by atoms with Gasteiger partial charge in [0.15, 0.2) is 0 Å². The second-order valence-electron chi connectivity index (χ2n) is 1.86. The lowest BCUT2D eigenvalue weighted by molar-refractivity contribution is 0.108. The third kappa shape index (κ3) is 1.65. The molecule has 0 radical (unpaired) electrons. The number of anilines is 1. The van der Waals surface area contributed by atoms with Gasteiger partial charge in [-0.2, -0.15) is 0 Å². The number of hydrogen-bond donors (Lipinski definition) is 1. The van der Waals surface area contributed by atoms with Crippen molar-refractivity contribution in [2.24, 2.45) is 0 Å². The minimum atomic E-state index is -0.811. The zero-order valence-corrected chi connectivity index (χ0v) is 6.10. The molecule has 0 aliphatic rings. The Kier molecular flexibility index (Phi) is 2.05. The fourth-order valence-corrected chi connectivity index (χ4v) is 0.759. The van der Waals surface area contributed by atoms with E-state index in [2.05, 4.69) is 4.98 Å². The largest absolute Gasteiger partial charge is 0.383 e. The van der Waals surface area contributed by atoms with E-state index >= 15 is 0 Å². The average Bonchev–Trinajstić information content (AvgIpc) is 1.94. The molecule has 0 fully saturated rings. The van der Waals surface area contributed by atoms with Crippen LogP contribution in [-0.2, 0) is 0 Å². The van der Waals surface area contributed by atoms with E-state index in [-0.39, 0.29) is 11.4 Å². The Labute approximate surface area is 67.0 Å². The summed E-state index contributed by atoms with van der Waals surface area (Å²) >= 11 is 5.05. The van der Waals surface area contributed by atoms with Crippen LogP contribution in [-0.4, -0.2) is 10.2 Å². The molecule has 0 atom stereocenters. The minimum absolute atomic E-state index is 0.0635. The third-order valence-corrected chi connectivity index (χ3v) is 1.30. The third-order valence-electron chi connectivity index (χ3n) is 1.10. The number of nitrogens with zero attached hydrogens (tertiary/aromatic N) is 1. The van der Waals surface area contributed by atoms with Crippen molar-refractivity contribution in [3.63, 3.8) is 0 Å². The molecule has 1 aromatic heterocycles. The van der Waals surface area contributed by atoms with E-state index in [1.54, 1.807) is 0 Å². The molecule has 0 saturated carbocycles. The van der Waals surface area contributed by atoms with Gasteiger partial charge in [-0.3, -0.25) is 4.79 Å². The van der Waals surface area contributed by atoms with Crippen molar-refractivity contribution in [1.82, 2.24) is 4.98 Å². The zero-order valence-electron chi connectivity index (χ0n) is 5.34. The van der Waals surface area contributed by atoms with Crippen molar-refractivity contribution in [3.05, 3.63) is 23.6 Å². The molecule has 58 valence electrons. The smallest absolute Gasteiger partial charge is 0.256 e. The molecule has 5 heteroatoms. The molecule has 1 heterocycles. The van der Waals surface area contributed by atoms with Crippen molar-refractivity contribution >= 4 is 22.7 Å². The highest BCUT2D eigenvalue weighted by atomic mass is 35.5. The maximum absolute atomic E-state index is 12.4. The van der Waals surface area contributed by atoms with Crippen LogP contribution in [0.5, 0.6) is 0 Å². The minimum Gasteiger partial charge on any atom is -0.383 e. The van der Waals surface area contributed by atoms with Gasteiger partial charge < -0.3 is 5.73 Å². The maximum atomic E-state index is 12.4. The molecule has 0 saturated heterocycles. The first kappa shape index (κ1) is 7.94. The summed E-state index contributed by atoms with van der Waals surface area (Å²) < 4.78 is 12.4. The maximum Gasteiger partial charge on any atom is 0.256 e. The number of nitrogen functional groups attached to an aromatic ring is 1. The van der Waals surface area contributed by atoms with Gasteiger partial charge in [0.25, 0.3) is 5.24 Å². The zero-order chi connectivity index (χ0) is 8.43. The van der Waals surface area contributed by atoms with Crippen LogP contribution < -0.4 is 5.73 Å². The first-order chi connectivity index (χ1) is 5.11. The van der Waals surface area contributed by atoms with Crippen molar-refractivity contribution in [3.8, 4) is 0 Å². The first-order valence-corrected chi connectivity index (χ1v) is 3.10. The van der Waals surface area contributed by atoms with Crippen molar-refractivity contribution in [2.75, 3.05) is 5.73 Å². The summed E-state index contributed by atoms with van der Waals surface area (Å²) in [6.45, 7) is 0. The summed E-state index contributed by atoms with van der Waals surface area (Å²) in [6.07, 6.45) is 0.915. The summed E-state index contributed by atoms with van der Waals surface area (Å²) in [4.78, 5) is 13.9. The second kappa shape index (κ2) is 2.84. The van der Waals surface area contributed by atoms with Gasteiger partial charge in [-0.1, -0.05) is 0 Å². The average molecular weight is 175 g/mol. The summed E-state index contributed by atoms with van der Waals surface area (Å²) in [5.41, 5.74) is 5.10. The van der Waals surface area contributed by atoms with E-state index in [4.69, 9.17) is 17.3 Å². The van der Waals surface area contributed by atoms with E-state index in [0.717, 1.165) is 12.3 Å². The number of halogens is 2. The van der Waals surface area contributed by atoms with Gasteiger partial charge in [0, 0.05) is 0 Å². The predicted octanol–water partition coefficient (Wildman–Crippen LogP) is 1.18. The van der Waals surface area contributed by atoms with Gasteiger partial charge in [-0.05, 0) is 17.7 Å². The first-order valence-electron chi connectivity index (χ1n) is 2.72. The number of pyridine rings is 1. The molecule has 1 aromatic rings. The van der Waals surface area contributed by atoms with Crippen LogP contribution in [0.25, 0.3) is 0 Å². The molecule has 0 spiro atoms. The Morgan fingerprint density at radius 3 is 2.82 bits per heavy atom. The standard InChI is InChI=1S/C6H4ClFN2O/c7-5(11)4-1-3(8)2-10-6(4)9/h1-2H,(H2,9,10). The van der Waals surface area contributed by atoms with Gasteiger partial charge >= 0.3 is 0 Å². The van der Waals surface area contributed by atoms with Crippen LogP contribution in [0.15, 0.2) is 12.3 Å². The topological polar surface area (TPSA) is 56.0 Å². The van der Waals surface area contributed by atoms with Crippen LogP contribution >= 0.6 is 11.6 Å². The Bertz CT molecular complexity index is 303. The molecule has 0 amide bonds. The fourth-order valence-electron chi connectivity index (χ4n) is 0.607.